The Kier molecular flexibility index (Phi) is 2.29. The Morgan fingerprint density at radius 2 is 0.885 bits per heavy atom. The van der Waals surface area contributed by atoms with Crippen LogP contribution in [0.3, 0.4) is 0 Å². The molecule has 7 rings (SSSR count). The molecule has 0 radical (unpaired) electrons. The molecule has 0 unspecified atom stereocenters. The molecule has 0 amide bonds. The number of rotatable bonds is 0. The predicted molar refractivity (Wildman–Crippen MR) is 109 cm³/mol. The zero-order valence-corrected chi connectivity index (χ0v) is 15.0. The molecule has 0 aliphatic heterocycles. The van der Waals surface area contributed by atoms with Crippen molar-refractivity contribution in [2.75, 3.05) is 0 Å². The van der Waals surface area contributed by atoms with Crippen LogP contribution in [0.15, 0.2) is 48.5 Å². The maximum atomic E-state index is 2.42. The molecule has 0 bridgehead atoms. The number of fused-ring (bicyclic) bond motifs is 1. The lowest BCUT2D eigenvalue weighted by Crippen LogP contribution is -1.98. The second-order valence-electron chi connectivity index (χ2n) is 8.39. The summed E-state index contributed by atoms with van der Waals surface area (Å²) in [5, 5.41) is 6.20. The lowest BCUT2D eigenvalue weighted by Gasteiger charge is -2.17. The summed E-state index contributed by atoms with van der Waals surface area (Å²) >= 11 is 0. The zero-order chi connectivity index (χ0) is 17.0. The largest absolute Gasteiger partial charge is 0.0581 e. The minimum Gasteiger partial charge on any atom is -0.0581 e. The summed E-state index contributed by atoms with van der Waals surface area (Å²) in [7, 11) is 0. The molecule has 3 aliphatic carbocycles. The molecule has 0 heterocycles. The lowest BCUT2D eigenvalue weighted by atomic mass is 9.87. The Morgan fingerprint density at radius 3 is 1.31 bits per heavy atom. The van der Waals surface area contributed by atoms with Crippen LogP contribution >= 0.6 is 0 Å². The highest BCUT2D eigenvalue weighted by molar-refractivity contribution is 6.13. The van der Waals surface area contributed by atoms with E-state index in [-0.39, 0.29) is 0 Å². The fourth-order valence-electron chi connectivity index (χ4n) is 6.05. The fraction of sp³-hybridized carbons (Fsp3) is 0.231. The molecule has 0 nitrogen and oxygen atoms in total. The van der Waals surface area contributed by atoms with E-state index in [0.29, 0.717) is 5.92 Å². The highest BCUT2D eigenvalue weighted by Crippen LogP contribution is 2.50. The summed E-state index contributed by atoms with van der Waals surface area (Å²) in [6.45, 7) is 2.41. The van der Waals surface area contributed by atoms with E-state index < -0.39 is 0 Å². The molecular formula is C26H20. The summed E-state index contributed by atoms with van der Waals surface area (Å²) in [6.07, 6.45) is 4.82. The summed E-state index contributed by atoms with van der Waals surface area (Å²) in [6, 6.07) is 19.3. The Bertz CT molecular complexity index is 1170. The Hall–Kier alpha value is -2.60. The molecule has 3 aliphatic rings. The standard InChI is InChI=1S/C26H20/c1-14-19-10-6-15-2-4-17-8-12-21(25(19)23(15)17)22-13-9-18-5-3-16-7-11-20(14)26(22)24(16)18/h6-14H,2-5H2,1H3. The third kappa shape index (κ3) is 1.41. The Labute approximate surface area is 153 Å². The maximum absolute atomic E-state index is 2.42. The fourth-order valence-corrected chi connectivity index (χ4v) is 6.05. The van der Waals surface area contributed by atoms with Gasteiger partial charge in [-0.05, 0) is 91.7 Å². The molecule has 0 atom stereocenters. The van der Waals surface area contributed by atoms with Gasteiger partial charge in [0.15, 0.2) is 0 Å². The van der Waals surface area contributed by atoms with Gasteiger partial charge < -0.3 is 0 Å². The van der Waals surface area contributed by atoms with Gasteiger partial charge in [0.25, 0.3) is 0 Å². The maximum Gasteiger partial charge on any atom is 0.00737 e. The first-order chi connectivity index (χ1) is 12.8. The summed E-state index contributed by atoms with van der Waals surface area (Å²) in [5.74, 6) is 0.449. The van der Waals surface area contributed by atoms with Crippen LogP contribution in [-0.4, -0.2) is 0 Å². The average Bonchev–Trinajstić information content (AvgIpc) is 3.27. The van der Waals surface area contributed by atoms with Crippen LogP contribution in [0.2, 0.25) is 0 Å². The molecule has 0 fully saturated rings. The van der Waals surface area contributed by atoms with Crippen LogP contribution in [0, 0.1) is 0 Å². The molecule has 0 N–H and O–H groups in total. The summed E-state index contributed by atoms with van der Waals surface area (Å²) in [5.41, 5.74) is 12.2. The van der Waals surface area contributed by atoms with E-state index in [4.69, 9.17) is 0 Å². The van der Waals surface area contributed by atoms with Crippen molar-refractivity contribution in [3.63, 3.8) is 0 Å². The molecule has 0 saturated carbocycles. The molecule has 4 aromatic carbocycles. The first-order valence-electron chi connectivity index (χ1n) is 9.96. The highest BCUT2D eigenvalue weighted by atomic mass is 14.3. The molecule has 26 heavy (non-hydrogen) atoms. The number of hydrogen-bond acceptors (Lipinski definition) is 0. The molecular weight excluding hydrogens is 312 g/mol. The van der Waals surface area contributed by atoms with Crippen molar-refractivity contribution in [3.8, 4) is 11.1 Å². The minimum atomic E-state index is 0.449. The van der Waals surface area contributed by atoms with Crippen molar-refractivity contribution in [2.24, 2.45) is 0 Å². The molecule has 0 aromatic heterocycles. The van der Waals surface area contributed by atoms with Crippen molar-refractivity contribution in [3.05, 3.63) is 81.9 Å². The van der Waals surface area contributed by atoms with Crippen molar-refractivity contribution >= 4 is 21.5 Å². The zero-order valence-electron chi connectivity index (χ0n) is 15.0. The lowest BCUT2D eigenvalue weighted by molar-refractivity contribution is 0.944. The van der Waals surface area contributed by atoms with Gasteiger partial charge in [0.05, 0.1) is 0 Å². The highest BCUT2D eigenvalue weighted by Gasteiger charge is 2.29. The van der Waals surface area contributed by atoms with Crippen LogP contribution in [0.5, 0.6) is 0 Å². The Morgan fingerprint density at radius 1 is 0.500 bits per heavy atom. The second-order valence-corrected chi connectivity index (χ2v) is 8.39. The molecule has 4 aromatic rings. The van der Waals surface area contributed by atoms with E-state index in [0.717, 1.165) is 0 Å². The summed E-state index contributed by atoms with van der Waals surface area (Å²) < 4.78 is 0. The van der Waals surface area contributed by atoms with E-state index in [1.807, 2.05) is 0 Å². The van der Waals surface area contributed by atoms with Gasteiger partial charge in [0.2, 0.25) is 0 Å². The van der Waals surface area contributed by atoms with Crippen molar-refractivity contribution < 1.29 is 0 Å². The van der Waals surface area contributed by atoms with Gasteiger partial charge in [0.1, 0.15) is 0 Å². The van der Waals surface area contributed by atoms with E-state index in [9.17, 15) is 0 Å². The van der Waals surface area contributed by atoms with Gasteiger partial charge in [-0.3, -0.25) is 0 Å². The topological polar surface area (TPSA) is 0 Å². The van der Waals surface area contributed by atoms with Gasteiger partial charge >= 0.3 is 0 Å². The Balaban J connectivity index is 1.77. The van der Waals surface area contributed by atoms with Crippen LogP contribution < -0.4 is 0 Å². The predicted octanol–water partition coefficient (Wildman–Crippen LogP) is 6.32. The van der Waals surface area contributed by atoms with Gasteiger partial charge in [-0.2, -0.15) is 0 Å². The van der Waals surface area contributed by atoms with Crippen molar-refractivity contribution in [1.82, 2.24) is 0 Å². The molecule has 0 heteroatoms. The van der Waals surface area contributed by atoms with Gasteiger partial charge in [-0.25, -0.2) is 0 Å². The van der Waals surface area contributed by atoms with Crippen LogP contribution in [-0.2, 0) is 25.7 Å². The first kappa shape index (κ1) is 13.6. The SMILES string of the molecule is CC1c2ccc3c4c(ccc(c24)-c2ccc4c5c(ccc1c25)CC4)CC3. The minimum absolute atomic E-state index is 0.449. The third-order valence-electron chi connectivity index (χ3n) is 7.28. The summed E-state index contributed by atoms with van der Waals surface area (Å²) in [4.78, 5) is 0. The molecule has 0 saturated heterocycles. The smallest absolute Gasteiger partial charge is 0.00737 e. The number of aryl methyl sites for hydroxylation is 4. The van der Waals surface area contributed by atoms with E-state index >= 15 is 0 Å². The second kappa shape index (κ2) is 4.38. The van der Waals surface area contributed by atoms with E-state index in [1.54, 1.807) is 33.0 Å². The van der Waals surface area contributed by atoms with Crippen molar-refractivity contribution in [2.45, 2.75) is 38.5 Å². The molecule has 0 spiro atoms. The number of hydrogen-bond donors (Lipinski definition) is 0. The van der Waals surface area contributed by atoms with Gasteiger partial charge in [-0.1, -0.05) is 55.5 Å². The van der Waals surface area contributed by atoms with E-state index in [1.165, 1.54) is 58.7 Å². The van der Waals surface area contributed by atoms with Crippen LogP contribution in [0.4, 0.5) is 0 Å². The van der Waals surface area contributed by atoms with Crippen molar-refractivity contribution in [1.29, 1.82) is 0 Å². The monoisotopic (exact) mass is 332 g/mol. The molecule has 124 valence electrons. The number of benzene rings is 4. The quantitative estimate of drug-likeness (QED) is 0.353. The van der Waals surface area contributed by atoms with Crippen LogP contribution in [0.25, 0.3) is 32.7 Å². The average molecular weight is 332 g/mol. The van der Waals surface area contributed by atoms with Crippen LogP contribution in [0.1, 0.15) is 46.2 Å². The van der Waals surface area contributed by atoms with E-state index in [2.05, 4.69) is 55.5 Å². The third-order valence-corrected chi connectivity index (χ3v) is 7.28. The van der Waals surface area contributed by atoms with Gasteiger partial charge in [-0.15, -0.1) is 0 Å². The first-order valence-corrected chi connectivity index (χ1v) is 9.96. The van der Waals surface area contributed by atoms with Gasteiger partial charge in [0, 0.05) is 5.92 Å². The normalized spacial score (nSPS) is 16.7.